The van der Waals surface area contributed by atoms with Crippen LogP contribution in [0.15, 0.2) is 109 Å². The summed E-state index contributed by atoms with van der Waals surface area (Å²) in [7, 11) is 0. The first-order valence-electron chi connectivity index (χ1n) is 15.6. The van der Waals surface area contributed by atoms with Crippen LogP contribution in [0.2, 0.25) is 0 Å². The fourth-order valence-electron chi connectivity index (χ4n) is 5.86. The van der Waals surface area contributed by atoms with E-state index >= 15 is 0 Å². The van der Waals surface area contributed by atoms with Crippen molar-refractivity contribution in [1.29, 1.82) is 10.5 Å². The highest BCUT2D eigenvalue weighted by molar-refractivity contribution is 6.11. The van der Waals surface area contributed by atoms with Crippen LogP contribution in [0.5, 0.6) is 11.5 Å². The lowest BCUT2D eigenvalue weighted by Crippen LogP contribution is -2.11. The average Bonchev–Trinajstić information content (AvgIpc) is 3.11. The maximum Gasteiger partial charge on any atom is 0.128 e. The van der Waals surface area contributed by atoms with E-state index in [1.54, 1.807) is 12.1 Å². The smallest absolute Gasteiger partial charge is 0.128 e. The zero-order valence-corrected chi connectivity index (χ0v) is 26.4. The van der Waals surface area contributed by atoms with Gasteiger partial charge < -0.3 is 19.3 Å². The lowest BCUT2D eigenvalue weighted by atomic mass is 9.89. The summed E-state index contributed by atoms with van der Waals surface area (Å²) in [6.45, 7) is 4.82. The molecule has 232 valence electrons. The van der Waals surface area contributed by atoms with E-state index in [9.17, 15) is 15.6 Å². The van der Waals surface area contributed by atoms with Gasteiger partial charge in [-0.15, -0.1) is 0 Å². The molecule has 6 aromatic rings. The normalized spacial score (nSPS) is 11.0. The summed E-state index contributed by atoms with van der Waals surface area (Å²) in [5.74, 6) is 1.32. The molecule has 0 aliphatic rings. The summed E-state index contributed by atoms with van der Waals surface area (Å²) >= 11 is 0. The van der Waals surface area contributed by atoms with Gasteiger partial charge in [-0.3, -0.25) is 0 Å². The topological polar surface area (TPSA) is 95.5 Å². The number of hydrogen-bond donors (Lipinski definition) is 1. The molecule has 0 heterocycles. The number of benzene rings is 6. The molecule has 0 aliphatic carbocycles. The van der Waals surface area contributed by atoms with Gasteiger partial charge in [0.2, 0.25) is 0 Å². The molecule has 0 aliphatic heterocycles. The minimum Gasteiger partial charge on any atom is -0.491 e. The van der Waals surface area contributed by atoms with Crippen LogP contribution < -0.4 is 9.47 Å². The second kappa shape index (κ2) is 14.2. The van der Waals surface area contributed by atoms with E-state index in [-0.39, 0.29) is 19.3 Å². The highest BCUT2D eigenvalue weighted by Gasteiger charge is 2.20. The Morgan fingerprint density at radius 1 is 0.574 bits per heavy atom. The maximum atomic E-state index is 9.69. The molecule has 6 aromatic carbocycles. The van der Waals surface area contributed by atoms with Crippen molar-refractivity contribution in [3.05, 3.63) is 120 Å². The van der Waals surface area contributed by atoms with Crippen molar-refractivity contribution in [2.24, 2.45) is 0 Å². The molecule has 0 spiro atoms. The van der Waals surface area contributed by atoms with E-state index in [1.807, 2.05) is 68.4 Å². The van der Waals surface area contributed by atoms with Crippen LogP contribution in [0.3, 0.4) is 0 Å². The van der Waals surface area contributed by atoms with Gasteiger partial charge >= 0.3 is 0 Å². The van der Waals surface area contributed by atoms with Crippen LogP contribution in [0.25, 0.3) is 54.9 Å². The number of nitrogens with zero attached hydrogens (tertiary/aromatic N) is 2. The van der Waals surface area contributed by atoms with Gasteiger partial charge in [-0.25, -0.2) is 0 Å². The Morgan fingerprint density at radius 3 is 1.53 bits per heavy atom. The van der Waals surface area contributed by atoms with Crippen molar-refractivity contribution in [1.82, 2.24) is 0 Å². The molecule has 1 N–H and O–H groups in total. The third-order valence-electron chi connectivity index (χ3n) is 8.00. The second-order valence-electron chi connectivity index (χ2n) is 11.5. The Balaban J connectivity index is 1.56. The fourth-order valence-corrected chi connectivity index (χ4v) is 5.86. The minimum absolute atomic E-state index is 0.0900. The van der Waals surface area contributed by atoms with E-state index in [0.29, 0.717) is 35.8 Å². The standard InChI is InChI=1S/C41H34N2O4/c1-27(2)45-19-20-47-39-16-12-35-24-33(31-8-4-6-29(22-31)26-43)10-14-37(35)41(39)40-36-13-9-32(30-7-3-5-28(21-30)25-42)23-34(36)11-15-38(40)46-18-17-44/h3-16,21-24,27,44H,17-20H2,1-2H3. The first kappa shape index (κ1) is 31.3. The number of aliphatic hydroxyl groups is 1. The summed E-state index contributed by atoms with van der Waals surface area (Å²) in [6, 6.07) is 40.2. The van der Waals surface area contributed by atoms with Gasteiger partial charge in [-0.1, -0.05) is 60.7 Å². The third kappa shape index (κ3) is 6.81. The lowest BCUT2D eigenvalue weighted by Gasteiger charge is -2.20. The Kier molecular flexibility index (Phi) is 9.46. The van der Waals surface area contributed by atoms with E-state index in [1.165, 1.54) is 0 Å². The molecule has 0 saturated carbocycles. The predicted octanol–water partition coefficient (Wildman–Crippen LogP) is 8.91. The molecule has 0 bridgehead atoms. The van der Waals surface area contributed by atoms with Crippen LogP contribution >= 0.6 is 0 Å². The van der Waals surface area contributed by atoms with E-state index in [0.717, 1.165) is 54.9 Å². The second-order valence-corrected chi connectivity index (χ2v) is 11.5. The Bertz CT molecular complexity index is 2160. The summed E-state index contributed by atoms with van der Waals surface area (Å²) in [5, 5.41) is 32.5. The molecule has 0 unspecified atom stereocenters. The highest BCUT2D eigenvalue weighted by atomic mass is 16.5. The van der Waals surface area contributed by atoms with Crippen molar-refractivity contribution in [3.8, 4) is 57.0 Å². The zero-order chi connectivity index (χ0) is 32.8. The molecule has 0 aromatic heterocycles. The lowest BCUT2D eigenvalue weighted by molar-refractivity contribution is 0.0554. The monoisotopic (exact) mass is 618 g/mol. The first-order valence-corrected chi connectivity index (χ1v) is 15.6. The largest absolute Gasteiger partial charge is 0.491 e. The minimum atomic E-state index is -0.123. The Hall–Kier alpha value is -5.66. The Morgan fingerprint density at radius 2 is 1.06 bits per heavy atom. The van der Waals surface area contributed by atoms with Gasteiger partial charge in [0.25, 0.3) is 0 Å². The van der Waals surface area contributed by atoms with Crippen LogP contribution in [0.4, 0.5) is 0 Å². The maximum absolute atomic E-state index is 9.69. The molecule has 0 saturated heterocycles. The molecule has 0 atom stereocenters. The van der Waals surface area contributed by atoms with Crippen LogP contribution in [-0.4, -0.2) is 37.6 Å². The van der Waals surface area contributed by atoms with Crippen molar-refractivity contribution in [2.75, 3.05) is 26.4 Å². The summed E-state index contributed by atoms with van der Waals surface area (Å²) < 4.78 is 18.4. The van der Waals surface area contributed by atoms with Gasteiger partial charge in [0.05, 0.1) is 42.6 Å². The van der Waals surface area contributed by atoms with Crippen molar-refractivity contribution >= 4 is 21.5 Å². The molecule has 0 amide bonds. The van der Waals surface area contributed by atoms with E-state index < -0.39 is 0 Å². The molecular weight excluding hydrogens is 584 g/mol. The molecule has 0 radical (unpaired) electrons. The van der Waals surface area contributed by atoms with Crippen LogP contribution in [0, 0.1) is 22.7 Å². The number of aliphatic hydroxyl groups excluding tert-OH is 1. The Labute approximate surface area is 274 Å². The molecule has 47 heavy (non-hydrogen) atoms. The molecular formula is C41H34N2O4. The van der Waals surface area contributed by atoms with Gasteiger partial charge in [0.15, 0.2) is 0 Å². The fraction of sp³-hybridized carbons (Fsp3) is 0.171. The van der Waals surface area contributed by atoms with Gasteiger partial charge in [-0.2, -0.15) is 10.5 Å². The highest BCUT2D eigenvalue weighted by Crippen LogP contribution is 2.46. The van der Waals surface area contributed by atoms with E-state index in [2.05, 4.69) is 54.6 Å². The zero-order valence-electron chi connectivity index (χ0n) is 26.4. The molecule has 6 nitrogen and oxygen atoms in total. The number of hydrogen-bond acceptors (Lipinski definition) is 6. The SMILES string of the molecule is CC(C)OCCOc1ccc2cc(-c3cccc(C#N)c3)ccc2c1-c1c(OCCO)ccc2cc(-c3cccc(C#N)c3)ccc12. The summed E-state index contributed by atoms with van der Waals surface area (Å²) in [4.78, 5) is 0. The number of fused-ring (bicyclic) bond motifs is 2. The summed E-state index contributed by atoms with van der Waals surface area (Å²) in [5.41, 5.74) is 6.86. The van der Waals surface area contributed by atoms with Crippen LogP contribution in [0.1, 0.15) is 25.0 Å². The van der Waals surface area contributed by atoms with Gasteiger partial charge in [-0.05, 0) is 106 Å². The summed E-state index contributed by atoms with van der Waals surface area (Å²) in [6.07, 6.45) is 0.0900. The van der Waals surface area contributed by atoms with Crippen molar-refractivity contribution in [3.63, 3.8) is 0 Å². The first-order chi connectivity index (χ1) is 23.0. The van der Waals surface area contributed by atoms with Gasteiger partial charge in [0, 0.05) is 11.1 Å². The number of nitriles is 2. The van der Waals surface area contributed by atoms with Crippen LogP contribution in [-0.2, 0) is 4.74 Å². The molecule has 6 rings (SSSR count). The number of ether oxygens (including phenoxy) is 3. The average molecular weight is 619 g/mol. The predicted molar refractivity (Wildman–Crippen MR) is 186 cm³/mol. The molecule has 6 heteroatoms. The van der Waals surface area contributed by atoms with Gasteiger partial charge in [0.1, 0.15) is 24.7 Å². The van der Waals surface area contributed by atoms with E-state index in [4.69, 9.17) is 14.2 Å². The van der Waals surface area contributed by atoms with Crippen molar-refractivity contribution in [2.45, 2.75) is 20.0 Å². The van der Waals surface area contributed by atoms with Crippen molar-refractivity contribution < 1.29 is 19.3 Å². The quantitative estimate of drug-likeness (QED) is 0.146. The molecule has 0 fully saturated rings. The number of rotatable bonds is 11. The third-order valence-corrected chi connectivity index (χ3v) is 8.00.